The van der Waals surface area contributed by atoms with Gasteiger partial charge in [-0.2, -0.15) is 0 Å². The van der Waals surface area contributed by atoms with Crippen molar-refractivity contribution in [3.8, 4) is 0 Å². The number of allylic oxidation sites excluding steroid dienone is 1. The molecule has 0 saturated carbocycles. The molecule has 0 spiro atoms. The summed E-state index contributed by atoms with van der Waals surface area (Å²) in [7, 11) is 0. The summed E-state index contributed by atoms with van der Waals surface area (Å²) in [6.07, 6.45) is 3.23. The van der Waals surface area contributed by atoms with Crippen molar-refractivity contribution in [1.82, 2.24) is 0 Å². The number of hydrogen-bond donors (Lipinski definition) is 0. The van der Waals surface area contributed by atoms with Gasteiger partial charge in [0, 0.05) is 5.88 Å². The summed E-state index contributed by atoms with van der Waals surface area (Å²) in [6.45, 7) is 6.38. The van der Waals surface area contributed by atoms with Gasteiger partial charge in [-0.3, -0.25) is 0 Å². The van der Waals surface area contributed by atoms with Gasteiger partial charge in [-0.05, 0) is 31.4 Å². The maximum absolute atomic E-state index is 5.84. The van der Waals surface area contributed by atoms with Gasteiger partial charge < -0.3 is 0 Å². The van der Waals surface area contributed by atoms with Crippen LogP contribution in [0.5, 0.6) is 0 Å². The van der Waals surface area contributed by atoms with E-state index in [1.807, 2.05) is 0 Å². The highest BCUT2D eigenvalue weighted by molar-refractivity contribution is 6.19. The van der Waals surface area contributed by atoms with E-state index in [9.17, 15) is 0 Å². The Morgan fingerprint density at radius 1 is 1.36 bits per heavy atom. The summed E-state index contributed by atoms with van der Waals surface area (Å²) < 4.78 is 0. The molecule has 0 heterocycles. The minimum atomic E-state index is 0.629. The van der Waals surface area contributed by atoms with E-state index in [0.29, 0.717) is 5.88 Å². The maximum atomic E-state index is 5.84. The van der Waals surface area contributed by atoms with Gasteiger partial charge in [0.15, 0.2) is 0 Å². The molecule has 0 amide bonds. The molecular weight excluding hydrogens is 192 g/mol. The second-order valence-electron chi connectivity index (χ2n) is 3.65. The van der Waals surface area contributed by atoms with Crippen molar-refractivity contribution in [2.45, 2.75) is 27.2 Å². The van der Waals surface area contributed by atoms with Crippen LogP contribution in [0, 0.1) is 13.8 Å². The second-order valence-corrected chi connectivity index (χ2v) is 3.92. The van der Waals surface area contributed by atoms with Gasteiger partial charge in [0.05, 0.1) is 0 Å². The molecular formula is C13H17Cl. The molecule has 0 bridgehead atoms. The van der Waals surface area contributed by atoms with E-state index in [1.54, 1.807) is 0 Å². The molecule has 0 aliphatic heterocycles. The predicted octanol–water partition coefficient (Wildman–Crippen LogP) is 4.34. The third-order valence-electron chi connectivity index (χ3n) is 2.42. The van der Waals surface area contributed by atoms with Crippen molar-refractivity contribution in [2.75, 3.05) is 5.88 Å². The van der Waals surface area contributed by atoms with E-state index in [0.717, 1.165) is 6.42 Å². The summed E-state index contributed by atoms with van der Waals surface area (Å²) >= 11 is 5.84. The minimum Gasteiger partial charge on any atom is -0.122 e. The van der Waals surface area contributed by atoms with E-state index in [2.05, 4.69) is 45.0 Å². The molecule has 0 aromatic heterocycles. The van der Waals surface area contributed by atoms with E-state index in [4.69, 9.17) is 11.6 Å². The largest absolute Gasteiger partial charge is 0.122 e. The number of rotatable bonds is 3. The quantitative estimate of drug-likeness (QED) is 0.649. The van der Waals surface area contributed by atoms with Crippen LogP contribution in [-0.4, -0.2) is 5.88 Å². The molecule has 0 fully saturated rings. The SMILES string of the molecule is CC/C(=C/c1cc(C)ccc1C)CCl. The monoisotopic (exact) mass is 208 g/mol. The molecule has 0 saturated heterocycles. The topological polar surface area (TPSA) is 0 Å². The number of alkyl halides is 1. The van der Waals surface area contributed by atoms with Gasteiger partial charge in [0.1, 0.15) is 0 Å². The summed E-state index contributed by atoms with van der Waals surface area (Å²) in [5, 5.41) is 0. The molecule has 0 unspecified atom stereocenters. The average molecular weight is 209 g/mol. The van der Waals surface area contributed by atoms with Crippen molar-refractivity contribution in [2.24, 2.45) is 0 Å². The average Bonchev–Trinajstić information content (AvgIpc) is 2.19. The van der Waals surface area contributed by atoms with Crippen LogP contribution < -0.4 is 0 Å². The molecule has 0 atom stereocenters. The van der Waals surface area contributed by atoms with Crippen LogP contribution in [0.25, 0.3) is 6.08 Å². The van der Waals surface area contributed by atoms with E-state index in [1.165, 1.54) is 22.3 Å². The first-order valence-corrected chi connectivity index (χ1v) is 5.53. The Morgan fingerprint density at radius 3 is 2.64 bits per heavy atom. The Morgan fingerprint density at radius 2 is 2.07 bits per heavy atom. The zero-order valence-corrected chi connectivity index (χ0v) is 9.86. The molecule has 0 radical (unpaired) electrons. The number of aryl methyl sites for hydroxylation is 2. The molecule has 1 aromatic rings. The van der Waals surface area contributed by atoms with E-state index in [-0.39, 0.29) is 0 Å². The Hall–Kier alpha value is -0.750. The normalized spacial score (nSPS) is 11.9. The Bertz CT molecular complexity index is 331. The first-order valence-electron chi connectivity index (χ1n) is 5.00. The number of halogens is 1. The fourth-order valence-electron chi connectivity index (χ4n) is 1.37. The van der Waals surface area contributed by atoms with E-state index < -0.39 is 0 Å². The highest BCUT2D eigenvalue weighted by atomic mass is 35.5. The second kappa shape index (κ2) is 5.21. The van der Waals surface area contributed by atoms with Crippen LogP contribution in [-0.2, 0) is 0 Å². The number of benzene rings is 1. The lowest BCUT2D eigenvalue weighted by Crippen LogP contribution is -1.86. The van der Waals surface area contributed by atoms with Crippen molar-refractivity contribution in [3.63, 3.8) is 0 Å². The molecule has 1 aromatic carbocycles. The molecule has 0 nitrogen and oxygen atoms in total. The lowest BCUT2D eigenvalue weighted by Gasteiger charge is -2.04. The van der Waals surface area contributed by atoms with Crippen molar-refractivity contribution < 1.29 is 0 Å². The van der Waals surface area contributed by atoms with Crippen LogP contribution in [0.1, 0.15) is 30.0 Å². The standard InChI is InChI=1S/C13H17Cl/c1-4-12(9-14)8-13-7-10(2)5-6-11(13)3/h5-8H,4,9H2,1-3H3/b12-8-. The van der Waals surface area contributed by atoms with Crippen molar-refractivity contribution >= 4 is 17.7 Å². The first-order chi connectivity index (χ1) is 6.67. The van der Waals surface area contributed by atoms with Crippen LogP contribution in [0.2, 0.25) is 0 Å². The third kappa shape index (κ3) is 2.88. The highest BCUT2D eigenvalue weighted by Crippen LogP contribution is 2.16. The fraction of sp³-hybridized carbons (Fsp3) is 0.385. The minimum absolute atomic E-state index is 0.629. The van der Waals surface area contributed by atoms with Crippen LogP contribution >= 0.6 is 11.6 Å². The van der Waals surface area contributed by atoms with Gasteiger partial charge in [-0.15, -0.1) is 11.6 Å². The van der Waals surface area contributed by atoms with Gasteiger partial charge in [0.2, 0.25) is 0 Å². The summed E-state index contributed by atoms with van der Waals surface area (Å²) in [4.78, 5) is 0. The molecule has 1 rings (SSSR count). The highest BCUT2D eigenvalue weighted by Gasteiger charge is 1.97. The number of hydrogen-bond acceptors (Lipinski definition) is 0. The molecule has 0 aliphatic rings. The fourth-order valence-corrected chi connectivity index (χ4v) is 1.64. The third-order valence-corrected chi connectivity index (χ3v) is 2.76. The molecule has 1 heteroatoms. The lowest BCUT2D eigenvalue weighted by atomic mass is 10.0. The molecule has 14 heavy (non-hydrogen) atoms. The first kappa shape index (κ1) is 11.3. The molecule has 0 aliphatic carbocycles. The van der Waals surface area contributed by atoms with E-state index >= 15 is 0 Å². The van der Waals surface area contributed by atoms with Gasteiger partial charge in [-0.25, -0.2) is 0 Å². The van der Waals surface area contributed by atoms with Gasteiger partial charge in [-0.1, -0.05) is 42.3 Å². The van der Waals surface area contributed by atoms with Gasteiger partial charge >= 0.3 is 0 Å². The van der Waals surface area contributed by atoms with Crippen LogP contribution in [0.4, 0.5) is 0 Å². The van der Waals surface area contributed by atoms with Crippen LogP contribution in [0.15, 0.2) is 23.8 Å². The zero-order chi connectivity index (χ0) is 10.6. The van der Waals surface area contributed by atoms with Gasteiger partial charge in [0.25, 0.3) is 0 Å². The van der Waals surface area contributed by atoms with Crippen molar-refractivity contribution in [3.05, 3.63) is 40.5 Å². The molecule has 0 N–H and O–H groups in total. The predicted molar refractivity (Wildman–Crippen MR) is 64.9 cm³/mol. The summed E-state index contributed by atoms with van der Waals surface area (Å²) in [5.74, 6) is 0.629. The Labute approximate surface area is 91.6 Å². The Kier molecular flexibility index (Phi) is 4.21. The Balaban J connectivity index is 3.06. The van der Waals surface area contributed by atoms with Crippen LogP contribution in [0.3, 0.4) is 0 Å². The summed E-state index contributed by atoms with van der Waals surface area (Å²) in [5.41, 5.74) is 5.20. The summed E-state index contributed by atoms with van der Waals surface area (Å²) in [6, 6.07) is 6.50. The smallest absolute Gasteiger partial charge is 0.0436 e. The molecule has 76 valence electrons. The maximum Gasteiger partial charge on any atom is 0.0436 e. The lowest BCUT2D eigenvalue weighted by molar-refractivity contribution is 1.12. The van der Waals surface area contributed by atoms with Crippen molar-refractivity contribution in [1.29, 1.82) is 0 Å². The zero-order valence-electron chi connectivity index (χ0n) is 9.10.